The van der Waals surface area contributed by atoms with Crippen molar-refractivity contribution in [2.24, 2.45) is 0 Å². The highest BCUT2D eigenvalue weighted by Gasteiger charge is 2.00. The monoisotopic (exact) mass is 268 g/mol. The Balaban J connectivity index is 1.94. The van der Waals surface area contributed by atoms with Crippen LogP contribution in [-0.2, 0) is 0 Å². The molecule has 100 valence electrons. The fourth-order valence-corrected chi connectivity index (χ4v) is 2.40. The molecule has 0 saturated carbocycles. The van der Waals surface area contributed by atoms with Gasteiger partial charge in [-0.3, -0.25) is 0 Å². The van der Waals surface area contributed by atoms with E-state index in [-0.39, 0.29) is 0 Å². The fraction of sp³-hybridized carbons (Fsp3) is 0.0476. The highest BCUT2D eigenvalue weighted by molar-refractivity contribution is 5.92. The summed E-state index contributed by atoms with van der Waals surface area (Å²) in [6.45, 7) is 2.14. The van der Waals surface area contributed by atoms with Crippen LogP contribution in [0.1, 0.15) is 16.7 Å². The van der Waals surface area contributed by atoms with Gasteiger partial charge in [-0.1, -0.05) is 66.4 Å². The molecule has 0 heterocycles. The van der Waals surface area contributed by atoms with Crippen molar-refractivity contribution in [2.75, 3.05) is 0 Å². The number of hydrogen-bond donors (Lipinski definition) is 0. The molecule has 3 aromatic carbocycles. The van der Waals surface area contributed by atoms with Gasteiger partial charge in [0.15, 0.2) is 0 Å². The minimum Gasteiger partial charge on any atom is -0.0696 e. The SMILES string of the molecule is Cc1ccc2ccccc2c1/C=C/C#Cc1ccccc1. The molecule has 0 fully saturated rings. The van der Waals surface area contributed by atoms with Gasteiger partial charge in [0.05, 0.1) is 0 Å². The molecule has 3 rings (SSSR count). The number of aryl methyl sites for hydroxylation is 1. The number of rotatable bonds is 1. The van der Waals surface area contributed by atoms with Gasteiger partial charge < -0.3 is 0 Å². The molecule has 0 N–H and O–H groups in total. The van der Waals surface area contributed by atoms with Gasteiger partial charge in [-0.05, 0) is 53.1 Å². The fourth-order valence-electron chi connectivity index (χ4n) is 2.40. The second kappa shape index (κ2) is 6.11. The summed E-state index contributed by atoms with van der Waals surface area (Å²) in [5.41, 5.74) is 3.55. The lowest BCUT2D eigenvalue weighted by atomic mass is 9.99. The number of benzene rings is 3. The first-order chi connectivity index (χ1) is 10.3. The van der Waals surface area contributed by atoms with Gasteiger partial charge >= 0.3 is 0 Å². The summed E-state index contributed by atoms with van der Waals surface area (Å²) in [5, 5.41) is 2.54. The minimum atomic E-state index is 1.04. The first-order valence-corrected chi connectivity index (χ1v) is 7.06. The van der Waals surface area contributed by atoms with Crippen LogP contribution in [0.4, 0.5) is 0 Å². The smallest absolute Gasteiger partial charge is 0.0248 e. The molecule has 0 unspecified atom stereocenters. The second-order valence-corrected chi connectivity index (χ2v) is 4.99. The van der Waals surface area contributed by atoms with Crippen LogP contribution in [0.25, 0.3) is 16.8 Å². The molecule has 0 aromatic heterocycles. The average Bonchev–Trinajstić information content (AvgIpc) is 2.54. The maximum atomic E-state index is 3.15. The summed E-state index contributed by atoms with van der Waals surface area (Å²) in [6, 6.07) is 22.8. The molecule has 0 aliphatic rings. The Morgan fingerprint density at radius 1 is 0.810 bits per heavy atom. The van der Waals surface area contributed by atoms with Crippen LogP contribution in [0.2, 0.25) is 0 Å². The van der Waals surface area contributed by atoms with Gasteiger partial charge in [0.25, 0.3) is 0 Å². The molecular weight excluding hydrogens is 252 g/mol. The lowest BCUT2D eigenvalue weighted by Crippen LogP contribution is -1.83. The van der Waals surface area contributed by atoms with Crippen LogP contribution in [0.3, 0.4) is 0 Å². The highest BCUT2D eigenvalue weighted by Crippen LogP contribution is 2.23. The van der Waals surface area contributed by atoms with Crippen molar-refractivity contribution in [1.82, 2.24) is 0 Å². The molecule has 0 aliphatic carbocycles. The van der Waals surface area contributed by atoms with Crippen molar-refractivity contribution in [3.63, 3.8) is 0 Å². The van der Waals surface area contributed by atoms with E-state index in [2.05, 4.69) is 61.2 Å². The van der Waals surface area contributed by atoms with Crippen LogP contribution in [0.15, 0.2) is 72.8 Å². The lowest BCUT2D eigenvalue weighted by molar-refractivity contribution is 1.48. The topological polar surface area (TPSA) is 0 Å². The number of hydrogen-bond acceptors (Lipinski definition) is 0. The molecule has 0 heteroatoms. The lowest BCUT2D eigenvalue weighted by Gasteiger charge is -2.05. The number of fused-ring (bicyclic) bond motifs is 1. The molecule has 0 saturated heterocycles. The van der Waals surface area contributed by atoms with Gasteiger partial charge in [0.1, 0.15) is 0 Å². The third kappa shape index (κ3) is 3.04. The highest BCUT2D eigenvalue weighted by atomic mass is 14.0. The Morgan fingerprint density at radius 2 is 1.57 bits per heavy atom. The van der Waals surface area contributed by atoms with Crippen molar-refractivity contribution in [3.05, 3.63) is 89.5 Å². The quantitative estimate of drug-likeness (QED) is 0.531. The summed E-state index contributed by atoms with van der Waals surface area (Å²) in [4.78, 5) is 0. The van der Waals surface area contributed by atoms with Gasteiger partial charge in [-0.2, -0.15) is 0 Å². The largest absolute Gasteiger partial charge is 0.0696 e. The maximum absolute atomic E-state index is 3.15. The van der Waals surface area contributed by atoms with Crippen molar-refractivity contribution >= 4 is 16.8 Å². The molecular formula is C21H16. The van der Waals surface area contributed by atoms with E-state index in [9.17, 15) is 0 Å². The zero-order chi connectivity index (χ0) is 14.5. The van der Waals surface area contributed by atoms with Crippen LogP contribution in [-0.4, -0.2) is 0 Å². The van der Waals surface area contributed by atoms with E-state index in [1.165, 1.54) is 21.9 Å². The zero-order valence-corrected chi connectivity index (χ0v) is 12.0. The number of allylic oxidation sites excluding steroid dienone is 1. The Labute approximate surface area is 125 Å². The van der Waals surface area contributed by atoms with Crippen molar-refractivity contribution < 1.29 is 0 Å². The van der Waals surface area contributed by atoms with E-state index < -0.39 is 0 Å². The van der Waals surface area contributed by atoms with Gasteiger partial charge in [0.2, 0.25) is 0 Å². The van der Waals surface area contributed by atoms with Crippen LogP contribution in [0.5, 0.6) is 0 Å². The van der Waals surface area contributed by atoms with Crippen molar-refractivity contribution in [1.29, 1.82) is 0 Å². The zero-order valence-electron chi connectivity index (χ0n) is 12.0. The van der Waals surface area contributed by atoms with Crippen molar-refractivity contribution in [2.45, 2.75) is 6.92 Å². The molecule has 21 heavy (non-hydrogen) atoms. The molecule has 0 bridgehead atoms. The Kier molecular flexibility index (Phi) is 3.85. The predicted molar refractivity (Wildman–Crippen MR) is 91.0 cm³/mol. The van der Waals surface area contributed by atoms with E-state index in [1.807, 2.05) is 36.4 Å². The Bertz CT molecular complexity index is 843. The maximum Gasteiger partial charge on any atom is 0.0248 e. The van der Waals surface area contributed by atoms with Gasteiger partial charge in [-0.25, -0.2) is 0 Å². The summed E-state index contributed by atoms with van der Waals surface area (Å²) >= 11 is 0. The standard InChI is InChI=1S/C21H16/c1-17-15-16-19-12-6-8-14-21(19)20(17)13-7-5-11-18-9-3-2-4-10-18/h2-4,6-10,12-16H,1H3/b13-7+. The first-order valence-electron chi connectivity index (χ1n) is 7.06. The first kappa shape index (κ1) is 13.2. The molecule has 3 aromatic rings. The third-order valence-electron chi connectivity index (χ3n) is 3.51. The van der Waals surface area contributed by atoms with E-state index in [1.54, 1.807) is 0 Å². The molecule has 0 radical (unpaired) electrons. The Hall–Kier alpha value is -2.78. The molecule has 0 spiro atoms. The summed E-state index contributed by atoms with van der Waals surface area (Å²) in [5.74, 6) is 6.26. The molecule has 0 nitrogen and oxygen atoms in total. The summed E-state index contributed by atoms with van der Waals surface area (Å²) in [7, 11) is 0. The average molecular weight is 268 g/mol. The van der Waals surface area contributed by atoms with Crippen LogP contribution < -0.4 is 0 Å². The van der Waals surface area contributed by atoms with E-state index >= 15 is 0 Å². The minimum absolute atomic E-state index is 1.04. The van der Waals surface area contributed by atoms with Gasteiger partial charge in [-0.15, -0.1) is 0 Å². The Morgan fingerprint density at radius 3 is 2.43 bits per heavy atom. The second-order valence-electron chi connectivity index (χ2n) is 4.99. The summed E-state index contributed by atoms with van der Waals surface area (Å²) < 4.78 is 0. The van der Waals surface area contributed by atoms with Gasteiger partial charge in [0, 0.05) is 5.56 Å². The van der Waals surface area contributed by atoms with Crippen LogP contribution >= 0.6 is 0 Å². The predicted octanol–water partition coefficient (Wildman–Crippen LogP) is 5.21. The molecule has 0 amide bonds. The molecule has 0 atom stereocenters. The normalized spacial score (nSPS) is 10.5. The van der Waals surface area contributed by atoms with E-state index in [0.717, 1.165) is 5.56 Å². The third-order valence-corrected chi connectivity index (χ3v) is 3.51. The van der Waals surface area contributed by atoms with Crippen molar-refractivity contribution in [3.8, 4) is 11.8 Å². The van der Waals surface area contributed by atoms with E-state index in [0.29, 0.717) is 0 Å². The van der Waals surface area contributed by atoms with Crippen LogP contribution in [0, 0.1) is 18.8 Å². The summed E-state index contributed by atoms with van der Waals surface area (Å²) in [6.07, 6.45) is 4.04. The van der Waals surface area contributed by atoms with E-state index in [4.69, 9.17) is 0 Å². The molecule has 0 aliphatic heterocycles.